The van der Waals surface area contributed by atoms with Gasteiger partial charge in [-0.05, 0) is 0 Å². The van der Waals surface area contributed by atoms with Gasteiger partial charge in [0.2, 0.25) is 0 Å². The molecule has 0 saturated carbocycles. The minimum Gasteiger partial charge on any atom is -0.394 e. The van der Waals surface area contributed by atoms with Crippen LogP contribution in [0.25, 0.3) is 0 Å². The van der Waals surface area contributed by atoms with Gasteiger partial charge in [-0.3, -0.25) is 4.52 Å². The number of aliphatic hydroxyl groups is 3. The summed E-state index contributed by atoms with van der Waals surface area (Å²) in [5.74, 6) is 0. The number of rotatable bonds is 3. The second-order valence-corrected chi connectivity index (χ2v) is 3.99. The standard InChI is InChI=1S/C5H11O8P/c6-1-2-3(7)4(5(8)12-2)13-14(9,10)11/h2-8H,1H2,(H2,9,10,11). The summed E-state index contributed by atoms with van der Waals surface area (Å²) < 4.78 is 19.1. The Bertz CT molecular complexity index is 238. The van der Waals surface area contributed by atoms with E-state index in [4.69, 9.17) is 20.0 Å². The molecule has 84 valence electrons. The third-order valence-electron chi connectivity index (χ3n) is 1.75. The highest BCUT2D eigenvalue weighted by atomic mass is 31.2. The van der Waals surface area contributed by atoms with Gasteiger partial charge in [-0.15, -0.1) is 0 Å². The van der Waals surface area contributed by atoms with Crippen molar-refractivity contribution in [1.82, 2.24) is 0 Å². The van der Waals surface area contributed by atoms with E-state index in [1.807, 2.05) is 0 Å². The molecule has 1 aliphatic rings. The predicted octanol–water partition coefficient (Wildman–Crippen LogP) is -2.47. The minimum atomic E-state index is -4.81. The van der Waals surface area contributed by atoms with Crippen LogP contribution in [-0.2, 0) is 13.8 Å². The number of ether oxygens (including phenoxy) is 1. The molecule has 14 heavy (non-hydrogen) atoms. The van der Waals surface area contributed by atoms with Gasteiger partial charge >= 0.3 is 7.82 Å². The van der Waals surface area contributed by atoms with E-state index in [1.54, 1.807) is 0 Å². The smallest absolute Gasteiger partial charge is 0.394 e. The molecule has 0 aromatic carbocycles. The van der Waals surface area contributed by atoms with Crippen molar-refractivity contribution >= 4 is 7.82 Å². The Morgan fingerprint density at radius 2 is 1.93 bits per heavy atom. The Morgan fingerprint density at radius 3 is 2.29 bits per heavy atom. The average Bonchev–Trinajstić information content (AvgIpc) is 2.29. The molecule has 1 heterocycles. The molecule has 1 aliphatic heterocycles. The fraction of sp³-hybridized carbons (Fsp3) is 1.00. The summed E-state index contributed by atoms with van der Waals surface area (Å²) in [5.41, 5.74) is 0. The van der Waals surface area contributed by atoms with E-state index in [1.165, 1.54) is 0 Å². The summed E-state index contributed by atoms with van der Waals surface area (Å²) in [5, 5.41) is 27.0. The van der Waals surface area contributed by atoms with Crippen LogP contribution >= 0.6 is 7.82 Å². The van der Waals surface area contributed by atoms with Crippen molar-refractivity contribution in [3.63, 3.8) is 0 Å². The summed E-state index contributed by atoms with van der Waals surface area (Å²) >= 11 is 0. The van der Waals surface area contributed by atoms with Gasteiger partial charge in [-0.2, -0.15) is 0 Å². The van der Waals surface area contributed by atoms with Gasteiger partial charge in [0.05, 0.1) is 6.61 Å². The van der Waals surface area contributed by atoms with E-state index in [0.717, 1.165) is 0 Å². The number of hydrogen-bond acceptors (Lipinski definition) is 6. The van der Waals surface area contributed by atoms with Gasteiger partial charge in [0.25, 0.3) is 0 Å². The zero-order valence-electron chi connectivity index (χ0n) is 6.92. The number of aliphatic hydroxyl groups excluding tert-OH is 3. The summed E-state index contributed by atoms with van der Waals surface area (Å²) in [4.78, 5) is 16.8. The Kier molecular flexibility index (Phi) is 3.62. The van der Waals surface area contributed by atoms with Crippen LogP contribution in [0.3, 0.4) is 0 Å². The normalized spacial score (nSPS) is 38.9. The van der Waals surface area contributed by atoms with Crippen LogP contribution in [0, 0.1) is 0 Å². The lowest BCUT2D eigenvalue weighted by atomic mass is 10.1. The van der Waals surface area contributed by atoms with Crippen molar-refractivity contribution in [3.8, 4) is 0 Å². The Labute approximate surface area is 78.9 Å². The van der Waals surface area contributed by atoms with Crippen LogP contribution in [0.4, 0.5) is 0 Å². The highest BCUT2D eigenvalue weighted by Crippen LogP contribution is 2.41. The predicted molar refractivity (Wildman–Crippen MR) is 40.9 cm³/mol. The molecule has 1 rings (SSSR count). The Hall–Kier alpha value is -0.0500. The van der Waals surface area contributed by atoms with Crippen molar-refractivity contribution < 1.29 is 38.9 Å². The molecule has 8 nitrogen and oxygen atoms in total. The van der Waals surface area contributed by atoms with Gasteiger partial charge < -0.3 is 29.8 Å². The van der Waals surface area contributed by atoms with E-state index in [9.17, 15) is 9.67 Å². The zero-order valence-corrected chi connectivity index (χ0v) is 7.82. The number of phosphoric acid groups is 1. The average molecular weight is 230 g/mol. The molecule has 0 aromatic rings. The molecular formula is C5H11O8P. The van der Waals surface area contributed by atoms with Crippen LogP contribution in [0.1, 0.15) is 0 Å². The van der Waals surface area contributed by atoms with Crippen molar-refractivity contribution in [2.24, 2.45) is 0 Å². The molecule has 0 aromatic heterocycles. The summed E-state index contributed by atoms with van der Waals surface area (Å²) in [6.07, 6.45) is -5.83. The molecule has 0 radical (unpaired) electrons. The van der Waals surface area contributed by atoms with Crippen molar-refractivity contribution in [3.05, 3.63) is 0 Å². The van der Waals surface area contributed by atoms with E-state index >= 15 is 0 Å². The molecule has 0 bridgehead atoms. The quantitative estimate of drug-likeness (QED) is 0.336. The molecule has 4 atom stereocenters. The van der Waals surface area contributed by atoms with Crippen molar-refractivity contribution in [1.29, 1.82) is 0 Å². The molecule has 4 unspecified atom stereocenters. The second-order valence-electron chi connectivity index (χ2n) is 2.80. The first-order valence-electron chi connectivity index (χ1n) is 3.71. The maximum atomic E-state index is 10.4. The first-order valence-corrected chi connectivity index (χ1v) is 5.24. The Balaban J connectivity index is 2.65. The van der Waals surface area contributed by atoms with Gasteiger partial charge in [0.15, 0.2) is 6.29 Å². The largest absolute Gasteiger partial charge is 0.470 e. The summed E-state index contributed by atoms with van der Waals surface area (Å²) in [6, 6.07) is 0. The zero-order chi connectivity index (χ0) is 10.9. The highest BCUT2D eigenvalue weighted by molar-refractivity contribution is 7.46. The van der Waals surface area contributed by atoms with E-state index in [0.29, 0.717) is 0 Å². The van der Waals surface area contributed by atoms with Gasteiger partial charge in [0.1, 0.15) is 18.3 Å². The fourth-order valence-electron chi connectivity index (χ4n) is 1.14. The van der Waals surface area contributed by atoms with Gasteiger partial charge in [-0.1, -0.05) is 0 Å². The van der Waals surface area contributed by atoms with Crippen LogP contribution in [0.2, 0.25) is 0 Å². The lowest BCUT2D eigenvalue weighted by molar-refractivity contribution is -0.130. The van der Waals surface area contributed by atoms with Crippen LogP contribution in [-0.4, -0.2) is 56.3 Å². The number of hydrogen-bond donors (Lipinski definition) is 5. The lowest BCUT2D eigenvalue weighted by Gasteiger charge is -2.17. The first-order chi connectivity index (χ1) is 6.35. The van der Waals surface area contributed by atoms with Crippen LogP contribution in [0.5, 0.6) is 0 Å². The molecule has 1 saturated heterocycles. The third-order valence-corrected chi connectivity index (χ3v) is 2.27. The molecule has 9 heteroatoms. The summed E-state index contributed by atoms with van der Waals surface area (Å²) in [7, 11) is -4.81. The monoisotopic (exact) mass is 230 g/mol. The van der Waals surface area contributed by atoms with Gasteiger partial charge in [-0.25, -0.2) is 4.57 Å². The van der Waals surface area contributed by atoms with Crippen molar-refractivity contribution in [2.75, 3.05) is 6.61 Å². The third kappa shape index (κ3) is 2.72. The first kappa shape index (κ1) is 12.0. The van der Waals surface area contributed by atoms with Crippen LogP contribution < -0.4 is 0 Å². The fourth-order valence-corrected chi connectivity index (χ4v) is 1.69. The molecule has 0 aliphatic carbocycles. The van der Waals surface area contributed by atoms with E-state index in [-0.39, 0.29) is 0 Å². The van der Waals surface area contributed by atoms with Crippen molar-refractivity contribution in [2.45, 2.75) is 24.6 Å². The number of phosphoric ester groups is 1. The molecule has 0 amide bonds. The second kappa shape index (κ2) is 4.21. The van der Waals surface area contributed by atoms with E-state index in [2.05, 4.69) is 9.26 Å². The van der Waals surface area contributed by atoms with E-state index < -0.39 is 39.0 Å². The minimum absolute atomic E-state index is 0.584. The van der Waals surface area contributed by atoms with Gasteiger partial charge in [0, 0.05) is 0 Å². The molecule has 0 spiro atoms. The lowest BCUT2D eigenvalue weighted by Crippen LogP contribution is -2.35. The highest BCUT2D eigenvalue weighted by Gasteiger charge is 2.46. The maximum Gasteiger partial charge on any atom is 0.470 e. The SMILES string of the molecule is O=P(O)(O)OC1C(O)OC(CO)C1O. The molecular weight excluding hydrogens is 219 g/mol. The van der Waals surface area contributed by atoms with Crippen LogP contribution in [0.15, 0.2) is 0 Å². The maximum absolute atomic E-state index is 10.4. The topological polar surface area (TPSA) is 137 Å². The Morgan fingerprint density at radius 1 is 1.36 bits per heavy atom. The molecule has 1 fully saturated rings. The summed E-state index contributed by atoms with van der Waals surface area (Å²) in [6.45, 7) is -0.584. The molecule has 5 N–H and O–H groups in total.